The van der Waals surface area contributed by atoms with Crippen molar-refractivity contribution in [3.63, 3.8) is 0 Å². The van der Waals surface area contributed by atoms with Crippen LogP contribution >= 0.6 is 11.6 Å². The van der Waals surface area contributed by atoms with Crippen LogP contribution in [0.1, 0.15) is 46.9 Å². The van der Waals surface area contributed by atoms with Gasteiger partial charge in [0.25, 0.3) is 5.91 Å². The van der Waals surface area contributed by atoms with Crippen molar-refractivity contribution in [3.05, 3.63) is 70.6 Å². The summed E-state index contributed by atoms with van der Waals surface area (Å²) in [6.07, 6.45) is 7.06. The summed E-state index contributed by atoms with van der Waals surface area (Å²) in [5.74, 6) is 0.683. The lowest BCUT2D eigenvalue weighted by Gasteiger charge is -2.45. The number of rotatable bonds is 3. The summed E-state index contributed by atoms with van der Waals surface area (Å²) in [6, 6.07) is 11.5. The summed E-state index contributed by atoms with van der Waals surface area (Å²) in [5, 5.41) is 5.49. The van der Waals surface area contributed by atoms with Crippen molar-refractivity contribution >= 4 is 28.5 Å². The lowest BCUT2D eigenvalue weighted by atomic mass is 9.81. The SMILES string of the molecule is COc1ccc(-c2c3c(nn2C)C2CCCC(C3)N2C(=O)c2ccc3nccnc3c2)cc1Cl. The van der Waals surface area contributed by atoms with Gasteiger partial charge in [0.1, 0.15) is 5.75 Å². The zero-order valence-corrected chi connectivity index (χ0v) is 19.8. The molecule has 1 amide bonds. The van der Waals surface area contributed by atoms with E-state index < -0.39 is 0 Å². The Labute approximate surface area is 202 Å². The summed E-state index contributed by atoms with van der Waals surface area (Å²) in [5.41, 5.74) is 6.44. The fourth-order valence-corrected chi connectivity index (χ4v) is 5.83. The van der Waals surface area contributed by atoms with Gasteiger partial charge >= 0.3 is 0 Å². The predicted octanol–water partition coefficient (Wildman–Crippen LogP) is 4.98. The van der Waals surface area contributed by atoms with Crippen LogP contribution in [-0.4, -0.2) is 43.7 Å². The van der Waals surface area contributed by atoms with Gasteiger partial charge in [-0.25, -0.2) is 0 Å². The number of hydrogen-bond acceptors (Lipinski definition) is 5. The minimum Gasteiger partial charge on any atom is -0.495 e. The Balaban J connectivity index is 1.40. The summed E-state index contributed by atoms with van der Waals surface area (Å²) >= 11 is 6.43. The van der Waals surface area contributed by atoms with Gasteiger partial charge in [-0.3, -0.25) is 19.4 Å². The summed E-state index contributed by atoms with van der Waals surface area (Å²) in [7, 11) is 3.58. The molecular formula is C26H24ClN5O2. The highest BCUT2D eigenvalue weighted by Gasteiger charge is 2.43. The summed E-state index contributed by atoms with van der Waals surface area (Å²) < 4.78 is 7.25. The van der Waals surface area contributed by atoms with Gasteiger partial charge in [0, 0.05) is 42.2 Å². The first-order valence-electron chi connectivity index (χ1n) is 11.5. The number of aryl methyl sites for hydroxylation is 1. The Hall–Kier alpha value is -3.45. The first kappa shape index (κ1) is 21.1. The molecule has 2 aliphatic heterocycles. The molecule has 0 N–H and O–H groups in total. The molecule has 2 atom stereocenters. The number of ether oxygens (including phenoxy) is 1. The van der Waals surface area contributed by atoms with Crippen molar-refractivity contribution in [2.45, 2.75) is 37.8 Å². The molecule has 6 rings (SSSR count). The first-order valence-corrected chi connectivity index (χ1v) is 11.9. The van der Waals surface area contributed by atoms with E-state index >= 15 is 0 Å². The number of carbonyl (C=O) groups is 1. The minimum absolute atomic E-state index is 0.0348. The molecule has 2 aromatic carbocycles. The number of piperidine rings is 1. The van der Waals surface area contributed by atoms with Crippen molar-refractivity contribution in [3.8, 4) is 17.0 Å². The number of methoxy groups -OCH3 is 1. The van der Waals surface area contributed by atoms with E-state index in [1.807, 2.05) is 48.1 Å². The highest BCUT2D eigenvalue weighted by Crippen LogP contribution is 2.45. The third-order valence-electron chi connectivity index (χ3n) is 7.05. The van der Waals surface area contributed by atoms with E-state index in [2.05, 4.69) is 14.9 Å². The maximum atomic E-state index is 13.8. The molecule has 2 bridgehead atoms. The van der Waals surface area contributed by atoms with Crippen LogP contribution in [0, 0.1) is 0 Å². The number of nitrogens with zero attached hydrogens (tertiary/aromatic N) is 5. The van der Waals surface area contributed by atoms with E-state index in [4.69, 9.17) is 21.4 Å². The second-order valence-corrected chi connectivity index (χ2v) is 9.37. The smallest absolute Gasteiger partial charge is 0.254 e. The van der Waals surface area contributed by atoms with Gasteiger partial charge in [-0.2, -0.15) is 5.10 Å². The molecule has 8 heteroatoms. The average molecular weight is 474 g/mol. The molecule has 1 fully saturated rings. The Kier molecular flexibility index (Phi) is 5.03. The van der Waals surface area contributed by atoms with Crippen molar-refractivity contribution in [1.82, 2.24) is 24.6 Å². The van der Waals surface area contributed by atoms with Gasteiger partial charge < -0.3 is 9.64 Å². The molecule has 7 nitrogen and oxygen atoms in total. The van der Waals surface area contributed by atoms with Gasteiger partial charge in [-0.15, -0.1) is 0 Å². The second kappa shape index (κ2) is 8.09. The van der Waals surface area contributed by atoms with E-state index in [0.717, 1.165) is 53.7 Å². The average Bonchev–Trinajstić information content (AvgIpc) is 3.18. The highest BCUT2D eigenvalue weighted by atomic mass is 35.5. The second-order valence-electron chi connectivity index (χ2n) is 8.96. The number of fused-ring (bicyclic) bond motifs is 5. The predicted molar refractivity (Wildman–Crippen MR) is 130 cm³/mol. The van der Waals surface area contributed by atoms with Crippen molar-refractivity contribution in [2.24, 2.45) is 7.05 Å². The molecule has 2 aromatic heterocycles. The van der Waals surface area contributed by atoms with Crippen LogP contribution in [0.15, 0.2) is 48.8 Å². The molecule has 172 valence electrons. The summed E-state index contributed by atoms with van der Waals surface area (Å²) in [4.78, 5) is 24.5. The number of hydrogen-bond donors (Lipinski definition) is 0. The van der Waals surface area contributed by atoms with Crippen LogP contribution in [0.25, 0.3) is 22.3 Å². The molecule has 2 aliphatic rings. The van der Waals surface area contributed by atoms with E-state index in [1.165, 1.54) is 5.56 Å². The normalized spacial score (nSPS) is 19.2. The van der Waals surface area contributed by atoms with Crippen LogP contribution in [-0.2, 0) is 13.5 Å². The van der Waals surface area contributed by atoms with Gasteiger partial charge in [-0.05, 0) is 62.1 Å². The largest absolute Gasteiger partial charge is 0.495 e. The lowest BCUT2D eigenvalue weighted by molar-refractivity contribution is 0.0392. The van der Waals surface area contributed by atoms with Crippen LogP contribution < -0.4 is 4.74 Å². The van der Waals surface area contributed by atoms with Gasteiger partial charge in [0.2, 0.25) is 0 Å². The van der Waals surface area contributed by atoms with E-state index in [-0.39, 0.29) is 18.0 Å². The van der Waals surface area contributed by atoms with Crippen LogP contribution in [0.3, 0.4) is 0 Å². The van der Waals surface area contributed by atoms with Gasteiger partial charge in [0.15, 0.2) is 0 Å². The molecule has 0 aliphatic carbocycles. The van der Waals surface area contributed by atoms with E-state index in [1.54, 1.807) is 19.5 Å². The number of benzene rings is 2. The number of carbonyl (C=O) groups excluding carboxylic acids is 1. The maximum absolute atomic E-state index is 13.8. The van der Waals surface area contributed by atoms with Crippen molar-refractivity contribution in [1.29, 1.82) is 0 Å². The molecule has 1 saturated heterocycles. The third-order valence-corrected chi connectivity index (χ3v) is 7.35. The molecule has 0 radical (unpaired) electrons. The standard InChI is InChI=1S/C26H24ClN5O2/c1-31-25(15-7-9-23(34-2)19(27)12-15)18-14-17-4-3-5-22(24(18)30-31)32(17)26(33)16-6-8-20-21(13-16)29-11-10-28-20/h6-13,17,22H,3-5,14H2,1-2H3. The Bertz CT molecular complexity index is 1430. The zero-order valence-electron chi connectivity index (χ0n) is 19.0. The minimum atomic E-state index is -0.0405. The lowest BCUT2D eigenvalue weighted by Crippen LogP contribution is -2.49. The first-order chi connectivity index (χ1) is 16.5. The van der Waals surface area contributed by atoms with Crippen molar-refractivity contribution < 1.29 is 9.53 Å². The molecule has 4 heterocycles. The quantitative estimate of drug-likeness (QED) is 0.419. The highest BCUT2D eigenvalue weighted by molar-refractivity contribution is 6.32. The number of aromatic nitrogens is 4. The molecular weight excluding hydrogens is 450 g/mol. The topological polar surface area (TPSA) is 73.1 Å². The maximum Gasteiger partial charge on any atom is 0.254 e. The Morgan fingerprint density at radius 3 is 2.71 bits per heavy atom. The number of amides is 1. The van der Waals surface area contributed by atoms with Crippen LogP contribution in [0.2, 0.25) is 5.02 Å². The fourth-order valence-electron chi connectivity index (χ4n) is 5.57. The van der Waals surface area contributed by atoms with Crippen LogP contribution in [0.5, 0.6) is 5.75 Å². The van der Waals surface area contributed by atoms with E-state index in [0.29, 0.717) is 16.3 Å². The van der Waals surface area contributed by atoms with Crippen molar-refractivity contribution in [2.75, 3.05) is 7.11 Å². The van der Waals surface area contributed by atoms with Gasteiger partial charge in [-0.1, -0.05) is 11.6 Å². The molecule has 2 unspecified atom stereocenters. The van der Waals surface area contributed by atoms with E-state index in [9.17, 15) is 4.79 Å². The molecule has 0 saturated carbocycles. The van der Waals surface area contributed by atoms with Gasteiger partial charge in [0.05, 0.1) is 40.6 Å². The van der Waals surface area contributed by atoms with Crippen LogP contribution in [0.4, 0.5) is 0 Å². The Morgan fingerprint density at radius 1 is 1.09 bits per heavy atom. The monoisotopic (exact) mass is 473 g/mol. The molecule has 34 heavy (non-hydrogen) atoms. The number of halogens is 1. The molecule has 0 spiro atoms. The summed E-state index contributed by atoms with van der Waals surface area (Å²) in [6.45, 7) is 0. The zero-order chi connectivity index (χ0) is 23.4. The third kappa shape index (κ3) is 3.26. The fraction of sp³-hybridized carbons (Fsp3) is 0.308. The molecule has 4 aromatic rings. The Morgan fingerprint density at radius 2 is 1.91 bits per heavy atom.